The Morgan fingerprint density at radius 1 is 1.11 bits per heavy atom. The van der Waals surface area contributed by atoms with Crippen molar-refractivity contribution < 1.29 is 13.9 Å². The number of hydrogen-bond acceptors (Lipinski definition) is 8. The number of likely N-dealkylation sites (tertiary alicyclic amines) is 1. The van der Waals surface area contributed by atoms with Gasteiger partial charge in [0.15, 0.2) is 0 Å². The quantitative estimate of drug-likeness (QED) is 0.262. The van der Waals surface area contributed by atoms with E-state index in [0.717, 1.165) is 30.8 Å². The monoisotopic (exact) mass is 596 g/mol. The van der Waals surface area contributed by atoms with Crippen molar-refractivity contribution in [3.8, 4) is 11.8 Å². The molecule has 0 bridgehead atoms. The number of hydrogen-bond donors (Lipinski definition) is 2. The van der Waals surface area contributed by atoms with Gasteiger partial charge in [-0.3, -0.25) is 14.4 Å². The van der Waals surface area contributed by atoms with Crippen molar-refractivity contribution >= 4 is 23.2 Å². The third kappa shape index (κ3) is 8.05. The molecule has 10 nitrogen and oxygen atoms in total. The van der Waals surface area contributed by atoms with Crippen LogP contribution in [0.25, 0.3) is 0 Å². The van der Waals surface area contributed by atoms with Crippen LogP contribution in [0.15, 0.2) is 61.2 Å². The van der Waals surface area contributed by atoms with Crippen LogP contribution in [0.2, 0.25) is 0 Å². The number of amides is 1. The minimum atomic E-state index is -0.335. The Labute approximate surface area is 257 Å². The van der Waals surface area contributed by atoms with Gasteiger partial charge in [0.2, 0.25) is 5.95 Å². The van der Waals surface area contributed by atoms with E-state index in [1.807, 2.05) is 19.2 Å². The van der Waals surface area contributed by atoms with Crippen LogP contribution >= 0.6 is 0 Å². The maximum absolute atomic E-state index is 14.9. The summed E-state index contributed by atoms with van der Waals surface area (Å²) in [5.74, 6) is 5.95. The first kappa shape index (κ1) is 30.8. The zero-order valence-electron chi connectivity index (χ0n) is 25.5. The van der Waals surface area contributed by atoms with Crippen LogP contribution in [0.4, 0.5) is 21.7 Å². The first-order valence-corrected chi connectivity index (χ1v) is 14.5. The molecule has 228 valence electrons. The average molecular weight is 597 g/mol. The van der Waals surface area contributed by atoms with E-state index in [2.05, 4.69) is 61.4 Å². The first-order chi connectivity index (χ1) is 21.3. The Kier molecular flexibility index (Phi) is 9.96. The minimum absolute atomic E-state index is 0.327. The molecule has 2 N–H and O–H groups in total. The van der Waals surface area contributed by atoms with Crippen molar-refractivity contribution in [2.45, 2.75) is 32.5 Å². The van der Waals surface area contributed by atoms with Crippen LogP contribution in [-0.4, -0.2) is 82.4 Å². The van der Waals surface area contributed by atoms with Crippen molar-refractivity contribution in [2.24, 2.45) is 0 Å². The third-order valence-corrected chi connectivity index (χ3v) is 7.59. The van der Waals surface area contributed by atoms with Crippen LogP contribution in [0.3, 0.4) is 0 Å². The van der Waals surface area contributed by atoms with Gasteiger partial charge in [0.25, 0.3) is 5.91 Å². The molecule has 1 amide bonds. The molecule has 0 saturated carbocycles. The Hall–Kier alpha value is -4.63. The third-order valence-electron chi connectivity index (χ3n) is 7.59. The van der Waals surface area contributed by atoms with E-state index in [0.29, 0.717) is 59.6 Å². The van der Waals surface area contributed by atoms with Crippen LogP contribution in [0.1, 0.15) is 39.0 Å². The van der Waals surface area contributed by atoms with Crippen LogP contribution in [0.5, 0.6) is 0 Å². The second-order valence-electron chi connectivity index (χ2n) is 11.1. The molecule has 0 aliphatic carbocycles. The summed E-state index contributed by atoms with van der Waals surface area (Å²) >= 11 is 0. The number of carbonyl (C=O) groups excluding carboxylic acids is 1. The molecular formula is C33H37FN8O2. The van der Waals surface area contributed by atoms with Crippen molar-refractivity contribution in [1.29, 1.82) is 0 Å². The number of carbonyl (C=O) groups is 1. The van der Waals surface area contributed by atoms with Gasteiger partial charge in [-0.05, 0) is 57.3 Å². The van der Waals surface area contributed by atoms with Gasteiger partial charge in [-0.2, -0.15) is 5.10 Å². The van der Waals surface area contributed by atoms with Crippen LogP contribution in [-0.2, 0) is 17.8 Å². The highest BCUT2D eigenvalue weighted by molar-refractivity contribution is 6.04. The summed E-state index contributed by atoms with van der Waals surface area (Å²) in [5, 5.41) is 10.2. The van der Waals surface area contributed by atoms with E-state index in [1.54, 1.807) is 54.6 Å². The first-order valence-electron chi connectivity index (χ1n) is 14.5. The summed E-state index contributed by atoms with van der Waals surface area (Å²) in [6.45, 7) is 5.56. The number of likely N-dealkylation sites (N-methyl/N-ethyl adjacent to an activating group) is 1. The Balaban J connectivity index is 1.19. The summed E-state index contributed by atoms with van der Waals surface area (Å²) in [7, 11) is 5.80. The normalized spacial score (nSPS) is 14.8. The molecule has 1 unspecified atom stereocenters. The predicted molar refractivity (Wildman–Crippen MR) is 168 cm³/mol. The fraction of sp³-hybridized carbons (Fsp3) is 0.333. The topological polar surface area (TPSA) is 100 Å². The van der Waals surface area contributed by atoms with Crippen LogP contribution < -0.4 is 10.6 Å². The van der Waals surface area contributed by atoms with E-state index in [1.165, 1.54) is 6.07 Å². The summed E-state index contributed by atoms with van der Waals surface area (Å²) in [4.78, 5) is 26.2. The Morgan fingerprint density at radius 3 is 2.66 bits per heavy atom. The lowest BCUT2D eigenvalue weighted by atomic mass is 10.0. The number of methoxy groups -OCH3 is 1. The molecule has 5 rings (SSSR count). The van der Waals surface area contributed by atoms with Gasteiger partial charge in [0, 0.05) is 73.8 Å². The summed E-state index contributed by atoms with van der Waals surface area (Å²) in [5.41, 5.74) is 4.48. The number of nitrogens with one attached hydrogen (secondary N) is 2. The maximum Gasteiger partial charge on any atom is 0.255 e. The van der Waals surface area contributed by atoms with Gasteiger partial charge in [0.05, 0.1) is 30.6 Å². The van der Waals surface area contributed by atoms with Gasteiger partial charge in [-0.25, -0.2) is 14.4 Å². The molecule has 0 spiro atoms. The second kappa shape index (κ2) is 14.2. The zero-order chi connectivity index (χ0) is 31.1. The number of rotatable bonds is 10. The van der Waals surface area contributed by atoms with Gasteiger partial charge >= 0.3 is 0 Å². The molecule has 0 radical (unpaired) electrons. The number of ether oxygens (including phenoxy) is 1. The number of aromatic nitrogens is 4. The van der Waals surface area contributed by atoms with Crippen molar-refractivity contribution in [1.82, 2.24) is 29.5 Å². The molecule has 2 aromatic carbocycles. The molecule has 3 heterocycles. The second-order valence-corrected chi connectivity index (χ2v) is 11.1. The van der Waals surface area contributed by atoms with Gasteiger partial charge in [0.1, 0.15) is 5.82 Å². The maximum atomic E-state index is 14.9. The highest BCUT2D eigenvalue weighted by atomic mass is 19.1. The minimum Gasteiger partial charge on any atom is -0.383 e. The predicted octanol–water partition coefficient (Wildman–Crippen LogP) is 4.30. The lowest BCUT2D eigenvalue weighted by Gasteiger charge is -2.20. The molecule has 4 aromatic rings. The van der Waals surface area contributed by atoms with Crippen molar-refractivity contribution in [3.63, 3.8) is 0 Å². The lowest BCUT2D eigenvalue weighted by molar-refractivity contribution is 0.102. The summed E-state index contributed by atoms with van der Waals surface area (Å²) in [6, 6.07) is 10.7. The molecule has 44 heavy (non-hydrogen) atoms. The number of benzene rings is 2. The fourth-order valence-corrected chi connectivity index (χ4v) is 4.93. The molecule has 2 aromatic heterocycles. The standard InChI is InChI=1S/C33H37FN8O2/c1-23-5-7-26(32(43)38-28-10-9-27(31(34)16-28)20-41-12-11-30(22-41)40(2)3)15-25(23)8-6-24-17-35-33(36-18-24)39-29-19-37-42(21-29)13-14-44-4/h5,7,9-10,15-19,21,30H,11-14,20,22H2,1-4H3,(H,38,43)(H,35,36,39). The Bertz CT molecular complexity index is 1660. The van der Waals surface area contributed by atoms with E-state index >= 15 is 0 Å². The van der Waals surface area contributed by atoms with E-state index in [-0.39, 0.29) is 11.7 Å². The van der Waals surface area contributed by atoms with Gasteiger partial charge < -0.3 is 20.3 Å². The molecule has 1 saturated heterocycles. The SMILES string of the molecule is COCCn1cc(Nc2ncc(C#Cc3cc(C(=O)Nc4ccc(CN5CCC(N(C)C)C5)c(F)c4)ccc3C)cn2)cn1. The molecule has 11 heteroatoms. The smallest absolute Gasteiger partial charge is 0.255 e. The zero-order valence-corrected chi connectivity index (χ0v) is 25.5. The molecule has 1 aliphatic heterocycles. The summed E-state index contributed by atoms with van der Waals surface area (Å²) in [6.07, 6.45) is 7.88. The number of anilines is 3. The Morgan fingerprint density at radius 2 is 1.93 bits per heavy atom. The van der Waals surface area contributed by atoms with Gasteiger partial charge in [-0.15, -0.1) is 0 Å². The lowest BCUT2D eigenvalue weighted by Crippen LogP contribution is -2.31. The molecule has 1 fully saturated rings. The van der Waals surface area contributed by atoms with E-state index in [9.17, 15) is 9.18 Å². The van der Waals surface area contributed by atoms with Gasteiger partial charge in [-0.1, -0.05) is 24.0 Å². The van der Waals surface area contributed by atoms with Crippen molar-refractivity contribution in [2.75, 3.05) is 51.5 Å². The molecular weight excluding hydrogens is 559 g/mol. The number of halogens is 1. The average Bonchev–Trinajstić information content (AvgIpc) is 3.67. The highest BCUT2D eigenvalue weighted by Gasteiger charge is 2.24. The largest absolute Gasteiger partial charge is 0.383 e. The molecule has 1 atom stereocenters. The fourth-order valence-electron chi connectivity index (χ4n) is 4.93. The summed E-state index contributed by atoms with van der Waals surface area (Å²) < 4.78 is 21.8. The van der Waals surface area contributed by atoms with E-state index < -0.39 is 0 Å². The number of nitrogens with zero attached hydrogens (tertiary/aromatic N) is 6. The highest BCUT2D eigenvalue weighted by Crippen LogP contribution is 2.21. The van der Waals surface area contributed by atoms with Crippen molar-refractivity contribution in [3.05, 3.63) is 94.8 Å². The van der Waals surface area contributed by atoms with Crippen LogP contribution in [0, 0.1) is 24.6 Å². The number of aryl methyl sites for hydroxylation is 1. The molecule has 1 aliphatic rings. The van der Waals surface area contributed by atoms with E-state index in [4.69, 9.17) is 4.74 Å².